The lowest BCUT2D eigenvalue weighted by Gasteiger charge is -1.92. The van der Waals surface area contributed by atoms with Crippen LogP contribution in [-0.4, -0.2) is 63.8 Å². The molecule has 2 rings (SSSR count). The Morgan fingerprint density at radius 2 is 1.22 bits per heavy atom. The summed E-state index contributed by atoms with van der Waals surface area (Å²) in [5, 5.41) is 40.8. The molecule has 0 atom stereocenters. The summed E-state index contributed by atoms with van der Waals surface area (Å²) in [6.07, 6.45) is 1.10. The van der Waals surface area contributed by atoms with Gasteiger partial charge in [0.25, 0.3) is 0 Å². The molecule has 0 radical (unpaired) electrons. The lowest BCUT2D eigenvalue weighted by atomic mass is 10.3. The largest absolute Gasteiger partial charge is 0.394 e. The van der Waals surface area contributed by atoms with Gasteiger partial charge in [0.15, 0.2) is 11.6 Å². The van der Waals surface area contributed by atoms with E-state index in [1.165, 1.54) is 9.59 Å². The fraction of sp³-hybridized carbons (Fsp3) is 0.750. The van der Waals surface area contributed by atoms with Crippen molar-refractivity contribution in [3.63, 3.8) is 0 Å². The second-order valence-electron chi connectivity index (χ2n) is 3.55. The average Bonchev–Trinajstić information content (AvgIpc) is 2.97. The Morgan fingerprint density at radius 1 is 0.778 bits per heavy atom. The van der Waals surface area contributed by atoms with Crippen LogP contribution in [-0.2, 0) is 25.9 Å². The predicted octanol–water partition coefficient (Wildman–Crippen LogP) is -2.57. The van der Waals surface area contributed by atoms with E-state index < -0.39 is 0 Å². The second kappa shape index (κ2) is 6.12. The van der Waals surface area contributed by atoms with Gasteiger partial charge in [-0.05, 0) is 10.4 Å². The average molecular weight is 254 g/mol. The summed E-state index contributed by atoms with van der Waals surface area (Å²) in [6, 6.07) is 0. The van der Waals surface area contributed by atoms with Gasteiger partial charge < -0.3 is 10.2 Å². The molecule has 0 aromatic carbocycles. The van der Waals surface area contributed by atoms with Crippen LogP contribution in [0.1, 0.15) is 11.6 Å². The summed E-state index contributed by atoms with van der Waals surface area (Å²) in [7, 11) is 0. The molecule has 0 unspecified atom stereocenters. The minimum atomic E-state index is -0.0210. The van der Waals surface area contributed by atoms with E-state index in [2.05, 4.69) is 30.8 Å². The number of aliphatic hydroxyl groups is 2. The third-order valence-corrected chi connectivity index (χ3v) is 2.16. The molecule has 2 N–H and O–H groups in total. The van der Waals surface area contributed by atoms with E-state index in [1.54, 1.807) is 0 Å². The van der Waals surface area contributed by atoms with Crippen molar-refractivity contribution in [2.45, 2.75) is 25.9 Å². The van der Waals surface area contributed by atoms with Crippen molar-refractivity contribution >= 4 is 0 Å². The molecule has 0 aliphatic heterocycles. The molecule has 18 heavy (non-hydrogen) atoms. The molecule has 0 aliphatic carbocycles. The molecular formula is C8H14N8O2. The Labute approximate surface area is 102 Å². The van der Waals surface area contributed by atoms with Crippen LogP contribution in [0.5, 0.6) is 0 Å². The van der Waals surface area contributed by atoms with E-state index in [4.69, 9.17) is 10.2 Å². The quantitative estimate of drug-likeness (QED) is 0.551. The van der Waals surface area contributed by atoms with Crippen molar-refractivity contribution in [3.05, 3.63) is 11.6 Å². The minimum absolute atomic E-state index is 0.0210. The summed E-state index contributed by atoms with van der Waals surface area (Å²) >= 11 is 0. The number of hydrogen-bond donors (Lipinski definition) is 2. The Bertz CT molecular complexity index is 437. The number of tetrazole rings is 2. The van der Waals surface area contributed by atoms with Crippen LogP contribution >= 0.6 is 0 Å². The number of aliphatic hydroxyl groups excluding tert-OH is 2. The van der Waals surface area contributed by atoms with Crippen LogP contribution in [0, 0.1) is 0 Å². The first-order chi connectivity index (χ1) is 8.81. The van der Waals surface area contributed by atoms with Crippen LogP contribution in [0.25, 0.3) is 0 Å². The molecule has 10 heteroatoms. The molecule has 2 heterocycles. The van der Waals surface area contributed by atoms with E-state index in [-0.39, 0.29) is 13.2 Å². The maximum absolute atomic E-state index is 8.71. The summed E-state index contributed by atoms with van der Waals surface area (Å²) in [5.41, 5.74) is 0. The maximum Gasteiger partial charge on any atom is 0.175 e. The van der Waals surface area contributed by atoms with Crippen LogP contribution in [0.2, 0.25) is 0 Å². The Kier molecular flexibility index (Phi) is 4.25. The normalized spacial score (nSPS) is 11.0. The lowest BCUT2D eigenvalue weighted by molar-refractivity contribution is 0.258. The molecule has 0 fully saturated rings. The van der Waals surface area contributed by atoms with E-state index in [0.29, 0.717) is 37.6 Å². The first-order valence-electron chi connectivity index (χ1n) is 5.57. The smallest absolute Gasteiger partial charge is 0.175 e. The number of nitrogens with zero attached hydrogens (tertiary/aromatic N) is 8. The number of hydrogen-bond acceptors (Lipinski definition) is 8. The zero-order valence-corrected chi connectivity index (χ0v) is 9.71. The number of aromatic nitrogens is 8. The fourth-order valence-corrected chi connectivity index (χ4v) is 1.34. The highest BCUT2D eigenvalue weighted by Gasteiger charge is 2.07. The third kappa shape index (κ3) is 3.28. The van der Waals surface area contributed by atoms with Gasteiger partial charge in [0, 0.05) is 12.8 Å². The highest BCUT2D eigenvalue weighted by molar-refractivity contribution is 4.85. The van der Waals surface area contributed by atoms with Gasteiger partial charge in [-0.3, -0.25) is 0 Å². The molecule has 2 aromatic heterocycles. The third-order valence-electron chi connectivity index (χ3n) is 2.16. The standard InChI is InChI=1S/C8H14N8O2/c17-5-3-15-11-7(9-13-15)1-2-8-10-14-16(12-8)4-6-18/h17-18H,1-6H2. The van der Waals surface area contributed by atoms with Gasteiger partial charge in [-0.15, -0.1) is 20.4 Å². The number of rotatable bonds is 7. The first-order valence-corrected chi connectivity index (χ1v) is 5.57. The van der Waals surface area contributed by atoms with Crippen LogP contribution in [0.15, 0.2) is 0 Å². The lowest BCUT2D eigenvalue weighted by Crippen LogP contribution is -2.07. The molecule has 2 aromatic rings. The van der Waals surface area contributed by atoms with Gasteiger partial charge in [-0.2, -0.15) is 9.59 Å². The van der Waals surface area contributed by atoms with Gasteiger partial charge in [0.05, 0.1) is 26.3 Å². The monoisotopic (exact) mass is 254 g/mol. The molecule has 0 aliphatic rings. The molecule has 0 amide bonds. The second-order valence-corrected chi connectivity index (χ2v) is 3.55. The van der Waals surface area contributed by atoms with Crippen molar-refractivity contribution in [2.24, 2.45) is 0 Å². The van der Waals surface area contributed by atoms with Gasteiger partial charge >= 0.3 is 0 Å². The maximum atomic E-state index is 8.71. The Balaban J connectivity index is 1.85. The molecule has 0 saturated carbocycles. The van der Waals surface area contributed by atoms with Crippen molar-refractivity contribution in [1.82, 2.24) is 40.4 Å². The zero-order valence-electron chi connectivity index (χ0n) is 9.71. The summed E-state index contributed by atoms with van der Waals surface area (Å²) in [6.45, 7) is 0.621. The Morgan fingerprint density at radius 3 is 1.61 bits per heavy atom. The fourth-order valence-electron chi connectivity index (χ4n) is 1.34. The van der Waals surface area contributed by atoms with Crippen molar-refractivity contribution < 1.29 is 10.2 Å². The topological polar surface area (TPSA) is 128 Å². The Hall–Kier alpha value is -1.94. The first kappa shape index (κ1) is 12.5. The van der Waals surface area contributed by atoms with Gasteiger partial charge in [0.1, 0.15) is 0 Å². The summed E-state index contributed by atoms with van der Waals surface area (Å²) in [5.74, 6) is 1.14. The molecule has 10 nitrogen and oxygen atoms in total. The van der Waals surface area contributed by atoms with E-state index >= 15 is 0 Å². The van der Waals surface area contributed by atoms with Crippen molar-refractivity contribution in [1.29, 1.82) is 0 Å². The summed E-state index contributed by atoms with van der Waals surface area (Å²) < 4.78 is 0. The predicted molar refractivity (Wildman–Crippen MR) is 57.2 cm³/mol. The van der Waals surface area contributed by atoms with Crippen molar-refractivity contribution in [3.8, 4) is 0 Å². The van der Waals surface area contributed by atoms with Crippen LogP contribution in [0.4, 0.5) is 0 Å². The van der Waals surface area contributed by atoms with E-state index in [1.807, 2.05) is 0 Å². The number of aryl methyl sites for hydroxylation is 2. The summed E-state index contributed by atoms with van der Waals surface area (Å²) in [4.78, 5) is 2.68. The van der Waals surface area contributed by atoms with Crippen LogP contribution in [0.3, 0.4) is 0 Å². The molecular weight excluding hydrogens is 240 g/mol. The van der Waals surface area contributed by atoms with Gasteiger partial charge in [-0.25, -0.2) is 0 Å². The highest BCUT2D eigenvalue weighted by Crippen LogP contribution is 1.96. The van der Waals surface area contributed by atoms with E-state index in [0.717, 1.165) is 0 Å². The molecule has 0 bridgehead atoms. The minimum Gasteiger partial charge on any atom is -0.394 e. The molecule has 0 saturated heterocycles. The van der Waals surface area contributed by atoms with Crippen LogP contribution < -0.4 is 0 Å². The SMILES string of the molecule is OCCn1nnc(CCc2nnn(CCO)n2)n1. The van der Waals surface area contributed by atoms with E-state index in [9.17, 15) is 0 Å². The van der Waals surface area contributed by atoms with Gasteiger partial charge in [-0.1, -0.05) is 0 Å². The highest BCUT2D eigenvalue weighted by atomic mass is 16.3. The van der Waals surface area contributed by atoms with Crippen molar-refractivity contribution in [2.75, 3.05) is 13.2 Å². The van der Waals surface area contributed by atoms with Gasteiger partial charge in [0.2, 0.25) is 0 Å². The molecule has 98 valence electrons. The zero-order chi connectivity index (χ0) is 12.8. The molecule has 0 spiro atoms.